The van der Waals surface area contributed by atoms with E-state index in [-0.39, 0.29) is 18.1 Å². The largest absolute Gasteiger partial charge is 0.445 e. The van der Waals surface area contributed by atoms with Crippen molar-refractivity contribution in [3.8, 4) is 0 Å². The summed E-state index contributed by atoms with van der Waals surface area (Å²) >= 11 is 3.06. The van der Waals surface area contributed by atoms with Crippen molar-refractivity contribution in [3.05, 3.63) is 22.8 Å². The molecule has 24 heavy (non-hydrogen) atoms. The number of rotatable bonds is 3. The molecule has 0 aromatic carbocycles. The van der Waals surface area contributed by atoms with Crippen molar-refractivity contribution in [1.82, 2.24) is 15.5 Å². The number of hydrogen-bond donors (Lipinski definition) is 2. The zero-order chi connectivity index (χ0) is 18.0. The van der Waals surface area contributed by atoms with E-state index in [0.717, 1.165) is 4.90 Å². The van der Waals surface area contributed by atoms with E-state index in [1.807, 2.05) is 0 Å². The molecule has 126 valence electrons. The first-order chi connectivity index (χ1) is 11.2. The van der Waals surface area contributed by atoms with Gasteiger partial charge in [0.25, 0.3) is 5.84 Å². The molecule has 2 heterocycles. The van der Waals surface area contributed by atoms with Crippen LogP contribution in [0.25, 0.3) is 0 Å². The van der Waals surface area contributed by atoms with Crippen molar-refractivity contribution in [2.75, 3.05) is 20.6 Å². The second-order valence-electron chi connectivity index (χ2n) is 5.11. The van der Waals surface area contributed by atoms with Gasteiger partial charge < -0.3 is 10.6 Å². The van der Waals surface area contributed by atoms with Crippen LogP contribution >= 0.6 is 15.9 Å². The minimum absolute atomic E-state index is 0.107. The Balaban J connectivity index is 2.14. The van der Waals surface area contributed by atoms with E-state index in [1.165, 1.54) is 31.0 Å². The van der Waals surface area contributed by atoms with Crippen molar-refractivity contribution in [1.29, 1.82) is 0 Å². The Bertz CT molecular complexity index is 752. The summed E-state index contributed by atoms with van der Waals surface area (Å²) in [6, 6.07) is -0.487. The Hall–Kier alpha value is -2.62. The van der Waals surface area contributed by atoms with E-state index in [0.29, 0.717) is 4.48 Å². The molecular formula is C14H15BrN5O4+. The maximum atomic E-state index is 12.2. The molecule has 10 heteroatoms. The number of hydrogen-bond acceptors (Lipinski definition) is 5. The van der Waals surface area contributed by atoms with Crippen LogP contribution in [0, 0.1) is 5.92 Å². The number of amides is 5. The van der Waals surface area contributed by atoms with Crippen LogP contribution in [0.5, 0.6) is 0 Å². The SMILES string of the molecule is C=C(Br)CNC(=O)C(=O)NC1=CC2C(=O)N(C)C(=O)[N+](C)=C2N=C1. The molecule has 0 fully saturated rings. The molecule has 0 spiro atoms. The first kappa shape index (κ1) is 17.7. The van der Waals surface area contributed by atoms with E-state index < -0.39 is 29.7 Å². The predicted molar refractivity (Wildman–Crippen MR) is 88.6 cm³/mol. The zero-order valence-corrected chi connectivity index (χ0v) is 14.6. The number of imide groups is 1. The van der Waals surface area contributed by atoms with Crippen LogP contribution in [0.4, 0.5) is 4.79 Å². The van der Waals surface area contributed by atoms with Crippen LogP contribution in [-0.2, 0) is 14.4 Å². The van der Waals surface area contributed by atoms with Crippen molar-refractivity contribution in [2.24, 2.45) is 10.9 Å². The zero-order valence-electron chi connectivity index (χ0n) is 13.0. The van der Waals surface area contributed by atoms with E-state index in [9.17, 15) is 19.2 Å². The molecule has 0 aromatic rings. The van der Waals surface area contributed by atoms with Crippen LogP contribution < -0.4 is 10.6 Å². The third-order valence-electron chi connectivity index (χ3n) is 3.38. The van der Waals surface area contributed by atoms with Gasteiger partial charge in [0.1, 0.15) is 6.21 Å². The quantitative estimate of drug-likeness (QED) is 0.487. The summed E-state index contributed by atoms with van der Waals surface area (Å²) in [5.41, 5.74) is 0.200. The van der Waals surface area contributed by atoms with Crippen LogP contribution in [-0.4, -0.2) is 65.9 Å². The summed E-state index contributed by atoms with van der Waals surface area (Å²) in [4.78, 5) is 52.5. The van der Waals surface area contributed by atoms with Crippen molar-refractivity contribution in [3.63, 3.8) is 0 Å². The second-order valence-corrected chi connectivity index (χ2v) is 6.23. The molecule has 0 aromatic heterocycles. The fraction of sp³-hybridized carbons (Fsp3) is 0.286. The number of carbonyl (C=O) groups is 4. The highest BCUT2D eigenvalue weighted by molar-refractivity contribution is 9.11. The van der Waals surface area contributed by atoms with Gasteiger partial charge >= 0.3 is 23.8 Å². The molecule has 2 N–H and O–H groups in total. The minimum atomic E-state index is -0.897. The number of amidine groups is 1. The van der Waals surface area contributed by atoms with Gasteiger partial charge in [0.15, 0.2) is 5.92 Å². The molecule has 0 radical (unpaired) electrons. The van der Waals surface area contributed by atoms with Crippen molar-refractivity contribution in [2.45, 2.75) is 0 Å². The van der Waals surface area contributed by atoms with Gasteiger partial charge in [-0.05, 0) is 6.08 Å². The molecule has 1 unspecified atom stereocenters. The molecule has 5 amide bonds. The summed E-state index contributed by atoms with van der Waals surface area (Å²) in [7, 11) is 2.87. The summed E-state index contributed by atoms with van der Waals surface area (Å²) in [5.74, 6) is -2.74. The summed E-state index contributed by atoms with van der Waals surface area (Å²) in [6.45, 7) is 3.64. The molecule has 2 rings (SSSR count). The van der Waals surface area contributed by atoms with E-state index in [1.54, 1.807) is 0 Å². The number of nitrogens with one attached hydrogen (secondary N) is 2. The van der Waals surface area contributed by atoms with E-state index in [2.05, 4.69) is 38.1 Å². The third-order valence-corrected chi connectivity index (χ3v) is 3.66. The lowest BCUT2D eigenvalue weighted by Gasteiger charge is -2.23. The average Bonchev–Trinajstić information content (AvgIpc) is 2.55. The van der Waals surface area contributed by atoms with Gasteiger partial charge in [-0.1, -0.05) is 22.5 Å². The average molecular weight is 397 g/mol. The molecule has 1 atom stereocenters. The maximum absolute atomic E-state index is 12.2. The Morgan fingerprint density at radius 2 is 2.08 bits per heavy atom. The number of urea groups is 1. The lowest BCUT2D eigenvalue weighted by Crippen LogP contribution is -2.52. The molecule has 2 aliphatic heterocycles. The summed E-state index contributed by atoms with van der Waals surface area (Å²) < 4.78 is 1.77. The number of dihydropyridines is 1. The van der Waals surface area contributed by atoms with Gasteiger partial charge in [0.05, 0.1) is 19.8 Å². The molecular weight excluding hydrogens is 382 g/mol. The van der Waals surface area contributed by atoms with Gasteiger partial charge in [0.2, 0.25) is 0 Å². The predicted octanol–water partition coefficient (Wildman–Crippen LogP) is -0.655. The summed E-state index contributed by atoms with van der Waals surface area (Å²) in [6.07, 6.45) is 2.72. The molecule has 2 aliphatic rings. The molecule has 0 saturated carbocycles. The number of allylic oxidation sites excluding steroid dienone is 1. The Labute approximate surface area is 145 Å². The first-order valence-electron chi connectivity index (χ1n) is 6.82. The fourth-order valence-corrected chi connectivity index (χ4v) is 2.27. The number of nitrogens with zero attached hydrogens (tertiary/aromatic N) is 3. The number of aliphatic imine (C=N–C) groups is 1. The van der Waals surface area contributed by atoms with Gasteiger partial charge in [-0.15, -0.1) is 4.99 Å². The number of halogens is 1. The highest BCUT2D eigenvalue weighted by Gasteiger charge is 2.44. The standard InChI is InChI=1S/C14H14BrN5O4/c1-7(15)5-17-11(21)12(22)18-8-4-9-10(16-6-8)19(2)14(24)20(3)13(9)23/h4,6,9H,1,5H2,2-3H3,(H-,17,18,21,22)/p+1. The van der Waals surface area contributed by atoms with Crippen molar-refractivity contribution >= 4 is 51.7 Å². The molecule has 9 nitrogen and oxygen atoms in total. The Morgan fingerprint density at radius 1 is 1.42 bits per heavy atom. The van der Waals surface area contributed by atoms with Gasteiger partial charge in [-0.25, -0.2) is 4.79 Å². The highest BCUT2D eigenvalue weighted by Crippen LogP contribution is 2.18. The lowest BCUT2D eigenvalue weighted by molar-refractivity contribution is -0.407. The van der Waals surface area contributed by atoms with Gasteiger partial charge in [-0.2, -0.15) is 9.48 Å². The molecule has 0 saturated heterocycles. The highest BCUT2D eigenvalue weighted by atomic mass is 79.9. The van der Waals surface area contributed by atoms with Gasteiger partial charge in [-0.3, -0.25) is 14.4 Å². The summed E-state index contributed by atoms with van der Waals surface area (Å²) in [5, 5.41) is 4.72. The van der Waals surface area contributed by atoms with Gasteiger partial charge in [0, 0.05) is 11.0 Å². The number of carbonyl (C=O) groups excluding carboxylic acids is 4. The van der Waals surface area contributed by atoms with Crippen LogP contribution in [0.1, 0.15) is 0 Å². The Morgan fingerprint density at radius 3 is 2.71 bits per heavy atom. The number of fused-ring (bicyclic) bond motifs is 1. The minimum Gasteiger partial charge on any atom is -0.343 e. The Kier molecular flexibility index (Phi) is 5.07. The normalized spacial score (nSPS) is 19.7. The second kappa shape index (κ2) is 6.87. The fourth-order valence-electron chi connectivity index (χ4n) is 2.13. The van der Waals surface area contributed by atoms with Crippen LogP contribution in [0.2, 0.25) is 0 Å². The van der Waals surface area contributed by atoms with E-state index in [4.69, 9.17) is 0 Å². The van der Waals surface area contributed by atoms with Crippen molar-refractivity contribution < 1.29 is 23.8 Å². The van der Waals surface area contributed by atoms with Crippen LogP contribution in [0.3, 0.4) is 0 Å². The monoisotopic (exact) mass is 396 g/mol. The van der Waals surface area contributed by atoms with E-state index >= 15 is 0 Å². The lowest BCUT2D eigenvalue weighted by atomic mass is 10.0. The smallest absolute Gasteiger partial charge is 0.343 e. The maximum Gasteiger partial charge on any atom is 0.445 e. The first-order valence-corrected chi connectivity index (χ1v) is 7.62. The third kappa shape index (κ3) is 3.48. The molecule has 0 bridgehead atoms. The molecule has 0 aliphatic carbocycles. The van der Waals surface area contributed by atoms with Crippen LogP contribution in [0.15, 0.2) is 27.8 Å². The topological polar surface area (TPSA) is 111 Å².